The van der Waals surface area contributed by atoms with E-state index in [1.54, 1.807) is 28.3 Å². The lowest BCUT2D eigenvalue weighted by Crippen LogP contribution is -2.43. The van der Waals surface area contributed by atoms with Crippen molar-refractivity contribution in [3.8, 4) is 0 Å². The van der Waals surface area contributed by atoms with Crippen molar-refractivity contribution in [1.29, 1.82) is 0 Å². The van der Waals surface area contributed by atoms with Crippen molar-refractivity contribution in [3.63, 3.8) is 0 Å². The molecule has 2 N–H and O–H groups in total. The molecular weight excluding hydrogens is 681 g/mol. The van der Waals surface area contributed by atoms with E-state index in [4.69, 9.17) is 27.5 Å². The molecule has 0 atom stereocenters. The summed E-state index contributed by atoms with van der Waals surface area (Å²) in [6.45, 7) is 6.86. The third-order valence-corrected chi connectivity index (χ3v) is 12.2. The molecule has 0 radical (unpaired) electrons. The van der Waals surface area contributed by atoms with E-state index in [0.29, 0.717) is 31.4 Å². The highest BCUT2D eigenvalue weighted by Crippen LogP contribution is 2.16. The first-order chi connectivity index (χ1) is 25.3. The average Bonchev–Trinajstić information content (AvgIpc) is 3.14. The standard InChI is InChI=1S/C40H78N2O9Si/c1-37(2)38(43)49-35-32-42-40(45)51-34-29-27-25-23-21-19-17-15-13-11-9-7-6-8-10-12-14-16-18-20-22-24-26-28-33-50-39(44)41-31-30-36-52(46-3,47-4)48-5/h1,6-36H2,2-5H3,(H,41,44)(H,42,45). The highest BCUT2D eigenvalue weighted by atomic mass is 28.4. The van der Waals surface area contributed by atoms with Crippen molar-refractivity contribution in [3.05, 3.63) is 12.2 Å². The molecule has 11 nitrogen and oxygen atoms in total. The van der Waals surface area contributed by atoms with Crippen LogP contribution >= 0.6 is 0 Å². The van der Waals surface area contributed by atoms with Crippen LogP contribution < -0.4 is 10.6 Å². The highest BCUT2D eigenvalue weighted by Gasteiger charge is 2.36. The molecule has 0 aliphatic heterocycles. The molecule has 0 saturated heterocycles. The van der Waals surface area contributed by atoms with E-state index in [1.807, 2.05) is 0 Å². The van der Waals surface area contributed by atoms with E-state index < -0.39 is 20.9 Å². The largest absolute Gasteiger partial charge is 0.500 e. The Hall–Kier alpha value is -2.15. The first-order valence-electron chi connectivity index (χ1n) is 20.6. The molecule has 0 aromatic rings. The van der Waals surface area contributed by atoms with Gasteiger partial charge in [-0.1, -0.05) is 148 Å². The van der Waals surface area contributed by atoms with Gasteiger partial charge in [-0.15, -0.1) is 0 Å². The van der Waals surface area contributed by atoms with Crippen molar-refractivity contribution < 1.29 is 41.9 Å². The number of hydrogen-bond donors (Lipinski definition) is 2. The molecule has 0 aliphatic carbocycles. The van der Waals surface area contributed by atoms with Gasteiger partial charge in [0.05, 0.1) is 19.8 Å². The zero-order valence-electron chi connectivity index (χ0n) is 33.8. The lowest BCUT2D eigenvalue weighted by Gasteiger charge is -2.24. The Morgan fingerprint density at radius 3 is 1.06 bits per heavy atom. The molecule has 306 valence electrons. The molecule has 2 amide bonds. The quantitative estimate of drug-likeness (QED) is 0.0208. The molecule has 0 bridgehead atoms. The predicted octanol–water partition coefficient (Wildman–Crippen LogP) is 10.2. The third kappa shape index (κ3) is 32.5. The maximum Gasteiger partial charge on any atom is 0.500 e. The van der Waals surface area contributed by atoms with Crippen LogP contribution in [0, 0.1) is 0 Å². The fourth-order valence-electron chi connectivity index (χ4n) is 6.00. The number of hydrogen-bond acceptors (Lipinski definition) is 9. The molecule has 0 aliphatic rings. The third-order valence-electron chi connectivity index (χ3n) is 9.32. The number of unbranched alkanes of at least 4 members (excludes halogenated alkanes) is 23. The lowest BCUT2D eigenvalue weighted by atomic mass is 10.0. The first kappa shape index (κ1) is 49.8. The van der Waals surface area contributed by atoms with E-state index in [9.17, 15) is 14.4 Å². The fourth-order valence-corrected chi connectivity index (χ4v) is 7.72. The number of carbonyl (C=O) groups excluding carboxylic acids is 3. The van der Waals surface area contributed by atoms with Gasteiger partial charge in [-0.3, -0.25) is 0 Å². The van der Waals surface area contributed by atoms with E-state index in [0.717, 1.165) is 32.1 Å². The number of rotatable bonds is 38. The summed E-state index contributed by atoms with van der Waals surface area (Å²) in [6.07, 6.45) is 30.7. The molecule has 0 fully saturated rings. The topological polar surface area (TPSA) is 131 Å². The van der Waals surface area contributed by atoms with E-state index >= 15 is 0 Å². The number of amides is 2. The van der Waals surface area contributed by atoms with Crippen LogP contribution in [0.15, 0.2) is 12.2 Å². The maximum absolute atomic E-state index is 11.8. The highest BCUT2D eigenvalue weighted by molar-refractivity contribution is 6.60. The Labute approximate surface area is 318 Å². The number of ether oxygens (including phenoxy) is 3. The van der Waals surface area contributed by atoms with E-state index in [2.05, 4.69) is 17.2 Å². The predicted molar refractivity (Wildman–Crippen MR) is 211 cm³/mol. The summed E-state index contributed by atoms with van der Waals surface area (Å²) >= 11 is 0. The zero-order valence-corrected chi connectivity index (χ0v) is 34.8. The summed E-state index contributed by atoms with van der Waals surface area (Å²) in [4.78, 5) is 34.7. The van der Waals surface area contributed by atoms with Gasteiger partial charge in [0.25, 0.3) is 0 Å². The number of alkyl carbamates (subject to hydrolysis) is 2. The monoisotopic (exact) mass is 759 g/mol. The molecule has 0 rings (SSSR count). The van der Waals surface area contributed by atoms with Crippen LogP contribution in [0.4, 0.5) is 9.59 Å². The van der Waals surface area contributed by atoms with Gasteiger partial charge in [0.15, 0.2) is 0 Å². The minimum absolute atomic E-state index is 0.114. The second kappa shape index (κ2) is 37.2. The summed E-state index contributed by atoms with van der Waals surface area (Å²) < 4.78 is 31.5. The van der Waals surface area contributed by atoms with E-state index in [-0.39, 0.29) is 19.2 Å². The van der Waals surface area contributed by atoms with Crippen molar-refractivity contribution in [2.45, 2.75) is 173 Å². The maximum atomic E-state index is 11.8. The summed E-state index contributed by atoms with van der Waals surface area (Å²) in [7, 11) is 2.21. The summed E-state index contributed by atoms with van der Waals surface area (Å²) in [5.74, 6) is -0.453. The van der Waals surface area contributed by atoms with Crippen LogP contribution in [0.1, 0.15) is 167 Å². The Balaban J connectivity index is 3.25. The Morgan fingerprint density at radius 2 is 0.750 bits per heavy atom. The van der Waals surface area contributed by atoms with Crippen LogP contribution in [0.25, 0.3) is 0 Å². The molecule has 0 saturated carbocycles. The number of carbonyl (C=O) groups is 3. The smallest absolute Gasteiger partial charge is 0.460 e. The molecule has 0 aromatic carbocycles. The van der Waals surface area contributed by atoms with Gasteiger partial charge in [-0.25, -0.2) is 14.4 Å². The molecule has 52 heavy (non-hydrogen) atoms. The SMILES string of the molecule is C=C(C)C(=O)OCCNC(=O)OCCCCCCCCCCCCCCCCCCCCCCCCCCOC(=O)NCCC[Si](OC)(OC)OC. The van der Waals surface area contributed by atoms with Gasteiger partial charge in [-0.05, 0) is 26.2 Å². The molecule has 0 unspecified atom stereocenters. The number of nitrogens with one attached hydrogen (secondary N) is 2. The first-order valence-corrected chi connectivity index (χ1v) is 22.5. The lowest BCUT2D eigenvalue weighted by molar-refractivity contribution is -0.138. The molecule has 0 aromatic heterocycles. The van der Waals surface area contributed by atoms with Gasteiger partial charge in [-0.2, -0.15) is 0 Å². The minimum Gasteiger partial charge on any atom is -0.460 e. The summed E-state index contributed by atoms with van der Waals surface area (Å²) in [6, 6.07) is 0.650. The van der Waals surface area contributed by atoms with Crippen LogP contribution in [0.3, 0.4) is 0 Å². The van der Waals surface area contributed by atoms with Gasteiger partial charge in [0.2, 0.25) is 0 Å². The summed E-state index contributed by atoms with van der Waals surface area (Å²) in [5, 5.41) is 5.36. The second-order valence-corrected chi connectivity index (χ2v) is 17.0. The zero-order chi connectivity index (χ0) is 38.4. The number of esters is 1. The van der Waals surface area contributed by atoms with Crippen molar-refractivity contribution in [2.24, 2.45) is 0 Å². The van der Waals surface area contributed by atoms with Gasteiger partial charge in [0.1, 0.15) is 6.61 Å². The Kier molecular flexibility index (Phi) is 35.6. The Bertz CT molecular complexity index is 866. The van der Waals surface area contributed by atoms with E-state index in [1.165, 1.54) is 128 Å². The minimum atomic E-state index is -2.57. The normalized spacial score (nSPS) is 11.3. The molecule has 0 spiro atoms. The molecule has 12 heteroatoms. The fraction of sp³-hybridized carbons (Fsp3) is 0.875. The van der Waals surface area contributed by atoms with Crippen molar-refractivity contribution in [2.75, 3.05) is 54.2 Å². The van der Waals surface area contributed by atoms with Crippen LogP contribution in [0.5, 0.6) is 0 Å². The van der Waals surface area contributed by atoms with Gasteiger partial charge < -0.3 is 38.1 Å². The molecule has 0 heterocycles. The van der Waals surface area contributed by atoms with Crippen LogP contribution in [0.2, 0.25) is 6.04 Å². The van der Waals surface area contributed by atoms with Gasteiger partial charge >= 0.3 is 27.0 Å². The molecular formula is C40H78N2O9Si. The van der Waals surface area contributed by atoms with Crippen LogP contribution in [-0.4, -0.2) is 81.2 Å². The van der Waals surface area contributed by atoms with Crippen LogP contribution in [-0.2, 0) is 32.3 Å². The van der Waals surface area contributed by atoms with Gasteiger partial charge in [0, 0.05) is 39.5 Å². The summed E-state index contributed by atoms with van der Waals surface area (Å²) in [5.41, 5.74) is 0.342. The van der Waals surface area contributed by atoms with Crippen molar-refractivity contribution >= 4 is 27.0 Å². The second-order valence-electron chi connectivity index (χ2n) is 13.9. The Morgan fingerprint density at radius 1 is 0.442 bits per heavy atom. The average molecular weight is 759 g/mol. The van der Waals surface area contributed by atoms with Crippen molar-refractivity contribution in [1.82, 2.24) is 10.6 Å².